The summed E-state index contributed by atoms with van der Waals surface area (Å²) in [4.78, 5) is 19.2. The molecule has 1 aliphatic rings. The van der Waals surface area contributed by atoms with Crippen LogP contribution in [0, 0.1) is 6.92 Å². The van der Waals surface area contributed by atoms with Gasteiger partial charge in [0.2, 0.25) is 5.91 Å². The highest BCUT2D eigenvalue weighted by atomic mass is 16.2. The van der Waals surface area contributed by atoms with Crippen molar-refractivity contribution in [3.8, 4) is 0 Å². The Kier molecular flexibility index (Phi) is 5.34. The lowest BCUT2D eigenvalue weighted by Gasteiger charge is -2.32. The first kappa shape index (κ1) is 16.7. The maximum Gasteiger partial charge on any atom is 0.222 e. The first-order valence-corrected chi connectivity index (χ1v) is 9.02. The van der Waals surface area contributed by atoms with Gasteiger partial charge in [-0.3, -0.25) is 4.79 Å². The van der Waals surface area contributed by atoms with Gasteiger partial charge in [0, 0.05) is 44.4 Å². The van der Waals surface area contributed by atoms with E-state index in [-0.39, 0.29) is 5.91 Å². The molecule has 0 unspecified atom stereocenters. The highest BCUT2D eigenvalue weighted by Gasteiger charge is 2.27. The zero-order valence-electron chi connectivity index (χ0n) is 14.7. The van der Waals surface area contributed by atoms with Crippen molar-refractivity contribution in [1.29, 1.82) is 0 Å². The molecule has 0 N–H and O–H groups in total. The number of hydrogen-bond acceptors (Lipinski definition) is 2. The lowest BCUT2D eigenvalue weighted by atomic mass is 9.96. The van der Waals surface area contributed by atoms with Crippen molar-refractivity contribution in [1.82, 2.24) is 14.5 Å². The molecule has 0 spiro atoms. The summed E-state index contributed by atoms with van der Waals surface area (Å²) in [6, 6.07) is 8.33. The van der Waals surface area contributed by atoms with E-state index >= 15 is 0 Å². The van der Waals surface area contributed by atoms with Crippen LogP contribution in [0.5, 0.6) is 0 Å². The molecule has 1 fully saturated rings. The molecule has 1 aromatic carbocycles. The summed E-state index contributed by atoms with van der Waals surface area (Å²) in [6.45, 7) is 6.88. The van der Waals surface area contributed by atoms with E-state index in [0.29, 0.717) is 12.3 Å². The Balaban J connectivity index is 1.60. The van der Waals surface area contributed by atoms with Gasteiger partial charge >= 0.3 is 0 Å². The Bertz CT molecular complexity index is 692. The monoisotopic (exact) mass is 325 g/mol. The maximum atomic E-state index is 12.7. The number of benzene rings is 1. The zero-order valence-corrected chi connectivity index (χ0v) is 14.7. The fourth-order valence-electron chi connectivity index (χ4n) is 3.65. The summed E-state index contributed by atoms with van der Waals surface area (Å²) >= 11 is 0. The fraction of sp³-hybridized carbons (Fsp3) is 0.500. The molecule has 4 heteroatoms. The van der Waals surface area contributed by atoms with Crippen molar-refractivity contribution in [3.05, 3.63) is 53.6 Å². The van der Waals surface area contributed by atoms with Crippen LogP contribution in [0.25, 0.3) is 0 Å². The molecule has 1 aromatic heterocycles. The molecule has 3 rings (SSSR count). The minimum absolute atomic E-state index is 0.276. The zero-order chi connectivity index (χ0) is 16.9. The standard InChI is InChI=1S/C20H27N3O/c1-3-22-14-12-21-20(22)18-9-6-13-23(15-18)19(24)11-10-17-8-5-4-7-16(17)2/h4-5,7-8,12,14,18H,3,6,9-11,13,15H2,1-2H3/t18-/m1/s1. The van der Waals surface area contributed by atoms with Crippen LogP contribution in [0.4, 0.5) is 0 Å². The molecular formula is C20H27N3O. The Hall–Kier alpha value is -2.10. The van der Waals surface area contributed by atoms with Crippen LogP contribution in [-0.4, -0.2) is 33.4 Å². The number of amides is 1. The van der Waals surface area contributed by atoms with Gasteiger partial charge < -0.3 is 9.47 Å². The van der Waals surface area contributed by atoms with E-state index in [1.54, 1.807) is 0 Å². The van der Waals surface area contributed by atoms with Gasteiger partial charge in [0.05, 0.1) is 0 Å². The predicted octanol–water partition coefficient (Wildman–Crippen LogP) is 3.55. The van der Waals surface area contributed by atoms with Crippen molar-refractivity contribution >= 4 is 5.91 Å². The molecule has 4 nitrogen and oxygen atoms in total. The second-order valence-corrected chi connectivity index (χ2v) is 6.68. The number of carbonyl (C=O) groups excluding carboxylic acids is 1. The van der Waals surface area contributed by atoms with Crippen molar-refractivity contribution in [2.45, 2.75) is 52.0 Å². The molecule has 2 aromatic rings. The number of nitrogens with zero attached hydrogens (tertiary/aromatic N) is 3. The molecule has 0 radical (unpaired) electrons. The van der Waals surface area contributed by atoms with Crippen LogP contribution in [0.2, 0.25) is 0 Å². The average molecular weight is 325 g/mol. The summed E-state index contributed by atoms with van der Waals surface area (Å²) in [7, 11) is 0. The van der Waals surface area contributed by atoms with Gasteiger partial charge in [-0.15, -0.1) is 0 Å². The minimum Gasteiger partial charge on any atom is -0.342 e. The van der Waals surface area contributed by atoms with Crippen LogP contribution in [-0.2, 0) is 17.8 Å². The number of likely N-dealkylation sites (tertiary alicyclic amines) is 1. The van der Waals surface area contributed by atoms with Gasteiger partial charge in [-0.2, -0.15) is 0 Å². The molecule has 0 saturated carbocycles. The summed E-state index contributed by atoms with van der Waals surface area (Å²) < 4.78 is 2.20. The van der Waals surface area contributed by atoms with E-state index in [4.69, 9.17) is 0 Å². The molecule has 1 saturated heterocycles. The SMILES string of the molecule is CCn1ccnc1[C@@H]1CCCN(C(=O)CCc2ccccc2C)C1. The number of aryl methyl sites for hydroxylation is 3. The van der Waals surface area contributed by atoms with Gasteiger partial charge in [-0.25, -0.2) is 4.98 Å². The Morgan fingerprint density at radius 3 is 2.96 bits per heavy atom. The number of imidazole rings is 1. The van der Waals surface area contributed by atoms with Crippen molar-refractivity contribution < 1.29 is 4.79 Å². The van der Waals surface area contributed by atoms with Crippen LogP contribution < -0.4 is 0 Å². The van der Waals surface area contributed by atoms with E-state index in [2.05, 4.69) is 35.5 Å². The number of rotatable bonds is 5. The highest BCUT2D eigenvalue weighted by Crippen LogP contribution is 2.26. The van der Waals surface area contributed by atoms with E-state index in [1.807, 2.05) is 29.4 Å². The summed E-state index contributed by atoms with van der Waals surface area (Å²) in [5, 5.41) is 0. The molecule has 1 atom stereocenters. The van der Waals surface area contributed by atoms with E-state index in [1.165, 1.54) is 11.1 Å². The van der Waals surface area contributed by atoms with E-state index in [9.17, 15) is 4.79 Å². The molecule has 2 heterocycles. The molecular weight excluding hydrogens is 298 g/mol. The first-order valence-electron chi connectivity index (χ1n) is 9.02. The van der Waals surface area contributed by atoms with Gasteiger partial charge in [-0.1, -0.05) is 24.3 Å². The topological polar surface area (TPSA) is 38.1 Å². The van der Waals surface area contributed by atoms with Gasteiger partial charge in [0.25, 0.3) is 0 Å². The normalized spacial score (nSPS) is 17.9. The van der Waals surface area contributed by atoms with Gasteiger partial charge in [0.1, 0.15) is 5.82 Å². The third-order valence-electron chi connectivity index (χ3n) is 5.10. The van der Waals surface area contributed by atoms with Crippen molar-refractivity contribution in [3.63, 3.8) is 0 Å². The second-order valence-electron chi connectivity index (χ2n) is 6.68. The summed E-state index contributed by atoms with van der Waals surface area (Å²) in [6.07, 6.45) is 7.53. The Labute approximate surface area is 144 Å². The molecule has 128 valence electrons. The summed E-state index contributed by atoms with van der Waals surface area (Å²) in [5.41, 5.74) is 2.55. The Morgan fingerprint density at radius 1 is 1.33 bits per heavy atom. The number of carbonyl (C=O) groups is 1. The van der Waals surface area contributed by atoms with Crippen molar-refractivity contribution in [2.75, 3.05) is 13.1 Å². The molecule has 1 amide bonds. The smallest absolute Gasteiger partial charge is 0.222 e. The predicted molar refractivity (Wildman–Crippen MR) is 96.0 cm³/mol. The molecule has 0 aliphatic carbocycles. The lowest BCUT2D eigenvalue weighted by Crippen LogP contribution is -2.39. The lowest BCUT2D eigenvalue weighted by molar-refractivity contribution is -0.132. The van der Waals surface area contributed by atoms with E-state index in [0.717, 1.165) is 44.7 Å². The number of aromatic nitrogens is 2. The van der Waals surface area contributed by atoms with Crippen LogP contribution in [0.1, 0.15) is 49.1 Å². The third kappa shape index (κ3) is 3.69. The quantitative estimate of drug-likeness (QED) is 0.843. The highest BCUT2D eigenvalue weighted by molar-refractivity contribution is 5.76. The third-order valence-corrected chi connectivity index (χ3v) is 5.10. The van der Waals surface area contributed by atoms with Crippen LogP contribution >= 0.6 is 0 Å². The van der Waals surface area contributed by atoms with Crippen LogP contribution in [0.3, 0.4) is 0 Å². The van der Waals surface area contributed by atoms with Gasteiger partial charge in [0.15, 0.2) is 0 Å². The molecule has 0 bridgehead atoms. The number of piperidine rings is 1. The van der Waals surface area contributed by atoms with E-state index < -0.39 is 0 Å². The second kappa shape index (κ2) is 7.65. The molecule has 1 aliphatic heterocycles. The van der Waals surface area contributed by atoms with Gasteiger partial charge in [-0.05, 0) is 44.2 Å². The Morgan fingerprint density at radius 2 is 2.17 bits per heavy atom. The van der Waals surface area contributed by atoms with Crippen molar-refractivity contribution in [2.24, 2.45) is 0 Å². The number of hydrogen-bond donors (Lipinski definition) is 0. The first-order chi connectivity index (χ1) is 11.7. The molecule has 24 heavy (non-hydrogen) atoms. The minimum atomic E-state index is 0.276. The fourth-order valence-corrected chi connectivity index (χ4v) is 3.65. The summed E-state index contributed by atoms with van der Waals surface area (Å²) in [5.74, 6) is 1.78. The maximum absolute atomic E-state index is 12.7. The van der Waals surface area contributed by atoms with Crippen LogP contribution in [0.15, 0.2) is 36.7 Å². The largest absolute Gasteiger partial charge is 0.342 e. The average Bonchev–Trinajstić information content (AvgIpc) is 3.09.